The van der Waals surface area contributed by atoms with Crippen LogP contribution in [0.5, 0.6) is 5.75 Å². The molecule has 0 atom stereocenters. The van der Waals surface area contributed by atoms with E-state index in [2.05, 4.69) is 15.5 Å². The number of benzene rings is 2. The van der Waals surface area contributed by atoms with Crippen molar-refractivity contribution in [2.45, 2.75) is 10.9 Å². The van der Waals surface area contributed by atoms with Gasteiger partial charge in [-0.2, -0.15) is 0 Å². The molecule has 122 valence electrons. The maximum Gasteiger partial charge on any atom is 0.257 e. The van der Waals surface area contributed by atoms with Crippen LogP contribution in [-0.2, 0) is 6.61 Å². The van der Waals surface area contributed by atoms with Crippen molar-refractivity contribution in [2.75, 3.05) is 11.6 Å². The third-order valence-corrected chi connectivity index (χ3v) is 4.96. The van der Waals surface area contributed by atoms with E-state index >= 15 is 0 Å². The summed E-state index contributed by atoms with van der Waals surface area (Å²) in [5.41, 5.74) is 1.59. The van der Waals surface area contributed by atoms with Crippen LogP contribution in [0.4, 0.5) is 5.13 Å². The molecule has 1 amide bonds. The Morgan fingerprint density at radius 2 is 2.00 bits per heavy atom. The number of nitrogens with zero attached hydrogens (tertiary/aromatic N) is 2. The third-order valence-electron chi connectivity index (χ3n) is 3.15. The standard InChI is InChI=1S/C17H15N3O2S2/c1-23-17-20-19-16(24-17)18-15(21)13-8-5-9-14(10-13)22-11-12-6-3-2-4-7-12/h2-10H,11H2,1H3,(H,18,19,21). The van der Waals surface area contributed by atoms with Crippen LogP contribution in [0.25, 0.3) is 0 Å². The summed E-state index contributed by atoms with van der Waals surface area (Å²) >= 11 is 2.84. The number of hydrogen-bond acceptors (Lipinski definition) is 6. The molecule has 0 bridgehead atoms. The number of hydrogen-bond donors (Lipinski definition) is 1. The summed E-state index contributed by atoms with van der Waals surface area (Å²) in [5, 5.41) is 11.1. The zero-order valence-corrected chi connectivity index (χ0v) is 14.6. The van der Waals surface area contributed by atoms with Gasteiger partial charge < -0.3 is 4.74 Å². The van der Waals surface area contributed by atoms with Crippen LogP contribution in [0.15, 0.2) is 58.9 Å². The van der Waals surface area contributed by atoms with Gasteiger partial charge in [-0.05, 0) is 30.0 Å². The van der Waals surface area contributed by atoms with E-state index in [9.17, 15) is 4.79 Å². The Bertz CT molecular complexity index is 821. The zero-order valence-electron chi connectivity index (χ0n) is 12.9. The van der Waals surface area contributed by atoms with Crippen LogP contribution in [-0.4, -0.2) is 22.4 Å². The van der Waals surface area contributed by atoms with Crippen molar-refractivity contribution in [3.8, 4) is 5.75 Å². The Kier molecular flexibility index (Phi) is 5.45. The number of ether oxygens (including phenoxy) is 1. The predicted octanol–water partition coefficient (Wildman–Crippen LogP) is 4.09. The second-order valence-corrected chi connectivity index (χ2v) is 6.86. The van der Waals surface area contributed by atoms with E-state index in [0.717, 1.165) is 9.90 Å². The first-order valence-electron chi connectivity index (χ1n) is 7.20. The molecule has 0 aliphatic rings. The number of nitrogens with one attached hydrogen (secondary N) is 1. The van der Waals surface area contributed by atoms with Crippen molar-refractivity contribution >= 4 is 34.1 Å². The highest BCUT2D eigenvalue weighted by Crippen LogP contribution is 2.24. The summed E-state index contributed by atoms with van der Waals surface area (Å²) in [7, 11) is 0. The van der Waals surface area contributed by atoms with Gasteiger partial charge in [0, 0.05) is 5.56 Å². The van der Waals surface area contributed by atoms with Gasteiger partial charge in [-0.15, -0.1) is 10.2 Å². The van der Waals surface area contributed by atoms with E-state index < -0.39 is 0 Å². The molecule has 0 aliphatic heterocycles. The average molecular weight is 357 g/mol. The average Bonchev–Trinajstić information content (AvgIpc) is 3.09. The van der Waals surface area contributed by atoms with Crippen LogP contribution in [0.3, 0.4) is 0 Å². The molecule has 0 aliphatic carbocycles. The second-order valence-electron chi connectivity index (χ2n) is 4.83. The van der Waals surface area contributed by atoms with Crippen molar-refractivity contribution in [1.29, 1.82) is 0 Å². The number of rotatable bonds is 6. The van der Waals surface area contributed by atoms with Gasteiger partial charge in [0.15, 0.2) is 4.34 Å². The van der Waals surface area contributed by atoms with Crippen molar-refractivity contribution in [3.63, 3.8) is 0 Å². The van der Waals surface area contributed by atoms with Gasteiger partial charge >= 0.3 is 0 Å². The summed E-state index contributed by atoms with van der Waals surface area (Å²) in [4.78, 5) is 12.3. The van der Waals surface area contributed by atoms with E-state index in [1.807, 2.05) is 42.7 Å². The molecule has 24 heavy (non-hydrogen) atoms. The van der Waals surface area contributed by atoms with E-state index in [1.165, 1.54) is 23.1 Å². The van der Waals surface area contributed by atoms with Gasteiger partial charge in [-0.1, -0.05) is 59.5 Å². The van der Waals surface area contributed by atoms with E-state index in [1.54, 1.807) is 18.2 Å². The minimum absolute atomic E-state index is 0.232. The summed E-state index contributed by atoms with van der Waals surface area (Å²) in [6.07, 6.45) is 1.92. The summed E-state index contributed by atoms with van der Waals surface area (Å²) in [6.45, 7) is 0.458. The van der Waals surface area contributed by atoms with Crippen LogP contribution in [0.1, 0.15) is 15.9 Å². The zero-order chi connectivity index (χ0) is 16.8. The topological polar surface area (TPSA) is 64.1 Å². The first kappa shape index (κ1) is 16.5. The van der Waals surface area contributed by atoms with Gasteiger partial charge in [-0.3, -0.25) is 10.1 Å². The fourth-order valence-corrected chi connectivity index (χ4v) is 3.15. The summed E-state index contributed by atoms with van der Waals surface area (Å²) in [6, 6.07) is 17.0. The molecule has 0 unspecified atom stereocenters. The largest absolute Gasteiger partial charge is 0.489 e. The molecule has 1 aromatic heterocycles. The van der Waals surface area contributed by atoms with Crippen molar-refractivity contribution < 1.29 is 9.53 Å². The van der Waals surface area contributed by atoms with Crippen molar-refractivity contribution in [3.05, 3.63) is 65.7 Å². The molecule has 0 radical (unpaired) electrons. The van der Waals surface area contributed by atoms with Gasteiger partial charge in [0.05, 0.1) is 0 Å². The molecule has 0 fully saturated rings. The lowest BCUT2D eigenvalue weighted by Gasteiger charge is -2.08. The Morgan fingerprint density at radius 1 is 1.17 bits per heavy atom. The lowest BCUT2D eigenvalue weighted by atomic mass is 10.2. The van der Waals surface area contributed by atoms with Crippen LogP contribution < -0.4 is 10.1 Å². The number of carbonyl (C=O) groups is 1. The predicted molar refractivity (Wildman–Crippen MR) is 96.9 cm³/mol. The Labute approximate surface area is 148 Å². The minimum atomic E-state index is -0.232. The quantitative estimate of drug-likeness (QED) is 0.532. The van der Waals surface area contributed by atoms with Gasteiger partial charge in [0.25, 0.3) is 5.91 Å². The summed E-state index contributed by atoms with van der Waals surface area (Å²) in [5.74, 6) is 0.414. The number of anilines is 1. The number of carbonyl (C=O) groups excluding carboxylic acids is 1. The number of amides is 1. The molecule has 3 aromatic rings. The molecule has 3 rings (SSSR count). The van der Waals surface area contributed by atoms with Crippen molar-refractivity contribution in [2.24, 2.45) is 0 Å². The molecule has 5 nitrogen and oxygen atoms in total. The smallest absolute Gasteiger partial charge is 0.257 e. The summed E-state index contributed by atoms with van der Waals surface area (Å²) < 4.78 is 6.56. The lowest BCUT2D eigenvalue weighted by Crippen LogP contribution is -2.11. The highest BCUT2D eigenvalue weighted by molar-refractivity contribution is 8.00. The van der Waals surface area contributed by atoms with Gasteiger partial charge in [0.1, 0.15) is 12.4 Å². The molecule has 0 spiro atoms. The van der Waals surface area contributed by atoms with E-state index in [4.69, 9.17) is 4.74 Å². The maximum absolute atomic E-state index is 12.3. The van der Waals surface area contributed by atoms with E-state index in [0.29, 0.717) is 23.1 Å². The molecule has 0 saturated carbocycles. The Morgan fingerprint density at radius 3 is 2.75 bits per heavy atom. The van der Waals surface area contributed by atoms with Crippen LogP contribution in [0, 0.1) is 0 Å². The number of aromatic nitrogens is 2. The van der Waals surface area contributed by atoms with Crippen LogP contribution >= 0.6 is 23.1 Å². The highest BCUT2D eigenvalue weighted by Gasteiger charge is 2.11. The van der Waals surface area contributed by atoms with Crippen molar-refractivity contribution in [1.82, 2.24) is 10.2 Å². The molecular weight excluding hydrogens is 342 g/mol. The molecule has 1 heterocycles. The fourth-order valence-electron chi connectivity index (χ4n) is 1.98. The molecule has 2 aromatic carbocycles. The van der Waals surface area contributed by atoms with Gasteiger partial charge in [-0.25, -0.2) is 0 Å². The minimum Gasteiger partial charge on any atom is -0.489 e. The van der Waals surface area contributed by atoms with E-state index in [-0.39, 0.29) is 5.91 Å². The maximum atomic E-state index is 12.3. The Balaban J connectivity index is 1.64. The highest BCUT2D eigenvalue weighted by atomic mass is 32.2. The Hall–Kier alpha value is -2.38. The SMILES string of the molecule is CSc1nnc(NC(=O)c2cccc(OCc3ccccc3)c2)s1. The second kappa shape index (κ2) is 7.94. The third kappa shape index (κ3) is 4.33. The molecule has 0 saturated heterocycles. The number of thioether (sulfide) groups is 1. The molecule has 1 N–H and O–H groups in total. The molecular formula is C17H15N3O2S2. The van der Waals surface area contributed by atoms with Gasteiger partial charge in [0.2, 0.25) is 5.13 Å². The fraction of sp³-hybridized carbons (Fsp3) is 0.118. The normalized spacial score (nSPS) is 10.4. The first-order valence-corrected chi connectivity index (χ1v) is 9.24. The monoisotopic (exact) mass is 357 g/mol. The first-order chi connectivity index (χ1) is 11.7. The lowest BCUT2D eigenvalue weighted by molar-refractivity contribution is 0.102. The van der Waals surface area contributed by atoms with Crippen LogP contribution in [0.2, 0.25) is 0 Å². The molecule has 7 heteroatoms.